The van der Waals surface area contributed by atoms with Crippen molar-refractivity contribution in [3.8, 4) is 0 Å². The largest absolute Gasteiger partial charge is 0.444 e. The summed E-state index contributed by atoms with van der Waals surface area (Å²) in [5.41, 5.74) is -1.67. The molecule has 1 aromatic carbocycles. The van der Waals surface area contributed by atoms with Crippen molar-refractivity contribution in [1.29, 1.82) is 0 Å². The molecule has 2 heterocycles. The quantitative estimate of drug-likeness (QED) is 0.328. The van der Waals surface area contributed by atoms with Gasteiger partial charge in [-0.05, 0) is 60.5 Å². The highest BCUT2D eigenvalue weighted by Crippen LogP contribution is 2.27. The van der Waals surface area contributed by atoms with Crippen molar-refractivity contribution in [2.24, 2.45) is 0 Å². The second kappa shape index (κ2) is 12.3. The number of hydrogen-bond acceptors (Lipinski definition) is 10. The minimum Gasteiger partial charge on any atom is -0.444 e. The van der Waals surface area contributed by atoms with Crippen molar-refractivity contribution in [3.63, 3.8) is 0 Å². The molecule has 2 atom stereocenters. The Morgan fingerprint density at radius 1 is 0.947 bits per heavy atom. The number of carbonyl (C=O) groups excluding carboxylic acids is 2. The third-order valence-corrected chi connectivity index (χ3v) is 6.62. The lowest BCUT2D eigenvalue weighted by Crippen LogP contribution is -2.36. The molecule has 2 aliphatic rings. The molecule has 0 bridgehead atoms. The van der Waals surface area contributed by atoms with Gasteiger partial charge in [-0.3, -0.25) is 14.3 Å². The van der Waals surface area contributed by atoms with Gasteiger partial charge >= 0.3 is 22.3 Å². The molecule has 3 rings (SSSR count). The van der Waals surface area contributed by atoms with Crippen LogP contribution in [0.3, 0.4) is 0 Å². The van der Waals surface area contributed by atoms with Crippen molar-refractivity contribution in [2.45, 2.75) is 82.7 Å². The van der Waals surface area contributed by atoms with Crippen LogP contribution >= 0.6 is 0 Å². The number of β-amino-alcohol motifs (C(OH)–C–C–N with tert-alkyl or cyclic N) is 1. The summed E-state index contributed by atoms with van der Waals surface area (Å²) < 4.78 is 40.2. The number of likely N-dealkylation sites (tertiary alicyclic amines) is 2. The van der Waals surface area contributed by atoms with Crippen molar-refractivity contribution in [3.05, 3.63) is 34.4 Å². The third kappa shape index (κ3) is 9.72. The lowest BCUT2D eigenvalue weighted by Gasteiger charge is -2.24. The number of aliphatic hydroxyl groups is 1. The number of aliphatic hydroxyl groups excluding tert-OH is 1. The molecule has 38 heavy (non-hydrogen) atoms. The van der Waals surface area contributed by atoms with Crippen molar-refractivity contribution >= 4 is 28.0 Å². The average molecular weight is 560 g/mol. The van der Waals surface area contributed by atoms with Gasteiger partial charge in [0, 0.05) is 25.7 Å². The average Bonchev–Trinajstić information content (AvgIpc) is 3.41. The lowest BCUT2D eigenvalue weighted by atomic mass is 10.2. The third-order valence-electron chi connectivity index (χ3n) is 5.21. The molecule has 0 saturated carbocycles. The standard InChI is InChI=1S/C15H20N2O7S.C9H17NO3/c1-15(2,3)23-14(18)16-9-8-11(10-16)24-25(21,22)13-7-5-4-6-12(13)17(19)20;1-9(2,3)13-8(12)10-5-4-7(11)6-10/h4-7,11H,8-10H2,1-3H3;7,11H,4-6H2,1-3H3/t11-;7-/m11/s1. The van der Waals surface area contributed by atoms with Gasteiger partial charge in [0.05, 0.1) is 23.7 Å². The van der Waals surface area contributed by atoms with Gasteiger partial charge in [0.2, 0.25) is 0 Å². The molecular formula is C24H37N3O10S. The van der Waals surface area contributed by atoms with Gasteiger partial charge in [0.1, 0.15) is 11.2 Å². The van der Waals surface area contributed by atoms with Crippen molar-refractivity contribution < 1.29 is 41.7 Å². The zero-order valence-electron chi connectivity index (χ0n) is 22.6. The first-order chi connectivity index (χ1) is 17.4. The summed E-state index contributed by atoms with van der Waals surface area (Å²) in [6, 6.07) is 4.97. The van der Waals surface area contributed by atoms with Gasteiger partial charge in [0.15, 0.2) is 4.90 Å². The van der Waals surface area contributed by atoms with E-state index in [1.165, 1.54) is 21.9 Å². The van der Waals surface area contributed by atoms with Crippen LogP contribution in [0.5, 0.6) is 0 Å². The Bertz CT molecular complexity index is 1110. The van der Waals surface area contributed by atoms with E-state index in [9.17, 15) is 33.2 Å². The molecule has 2 aliphatic heterocycles. The summed E-state index contributed by atoms with van der Waals surface area (Å²) in [5, 5.41) is 20.2. The normalized spacial score (nSPS) is 20.0. The van der Waals surface area contributed by atoms with Crippen LogP contribution < -0.4 is 0 Å². The molecule has 0 spiro atoms. The number of rotatable bonds is 4. The maximum absolute atomic E-state index is 12.4. The molecule has 14 heteroatoms. The summed E-state index contributed by atoms with van der Waals surface area (Å²) >= 11 is 0. The van der Waals surface area contributed by atoms with Gasteiger partial charge in [-0.1, -0.05) is 12.1 Å². The van der Waals surface area contributed by atoms with Crippen LogP contribution in [-0.4, -0.2) is 90.0 Å². The number of nitrogens with zero attached hydrogens (tertiary/aromatic N) is 3. The molecule has 0 radical (unpaired) electrons. The van der Waals surface area contributed by atoms with Crippen LogP contribution in [-0.2, 0) is 23.8 Å². The van der Waals surface area contributed by atoms with E-state index < -0.39 is 49.0 Å². The molecule has 0 unspecified atom stereocenters. The highest BCUT2D eigenvalue weighted by molar-refractivity contribution is 7.87. The van der Waals surface area contributed by atoms with E-state index in [-0.39, 0.29) is 25.3 Å². The molecule has 2 fully saturated rings. The summed E-state index contributed by atoms with van der Waals surface area (Å²) in [5.74, 6) is 0. The minimum atomic E-state index is -4.32. The van der Waals surface area contributed by atoms with Crippen LogP contribution in [0.2, 0.25) is 0 Å². The fourth-order valence-electron chi connectivity index (χ4n) is 3.58. The number of nitro groups is 1. The number of para-hydroxylation sites is 1. The smallest absolute Gasteiger partial charge is 0.410 e. The number of ether oxygens (including phenoxy) is 2. The topological polar surface area (TPSA) is 166 Å². The van der Waals surface area contributed by atoms with Crippen molar-refractivity contribution in [1.82, 2.24) is 9.80 Å². The zero-order chi connectivity index (χ0) is 28.9. The lowest BCUT2D eigenvalue weighted by molar-refractivity contribution is -0.387. The SMILES string of the molecule is CC(C)(C)OC(=O)N1CC[C@@H](O)C1.CC(C)(C)OC(=O)N1CC[C@@H](OS(=O)(=O)c2ccccc2[N+](=O)[O-])C1. The molecule has 214 valence electrons. The predicted octanol–water partition coefficient (Wildman–Crippen LogP) is 3.30. The number of nitro benzene ring substituents is 1. The summed E-state index contributed by atoms with van der Waals surface area (Å²) in [6.45, 7) is 12.0. The second-order valence-corrected chi connectivity index (χ2v) is 12.5. The fraction of sp³-hybridized carbons (Fsp3) is 0.667. The molecule has 1 aromatic rings. The number of carbonyl (C=O) groups is 2. The van der Waals surface area contributed by atoms with Gasteiger partial charge < -0.3 is 24.4 Å². The Labute approximate surface area is 222 Å². The van der Waals surface area contributed by atoms with E-state index in [0.29, 0.717) is 25.9 Å². The van der Waals surface area contributed by atoms with Crippen LogP contribution in [0.15, 0.2) is 29.2 Å². The second-order valence-electron chi connectivity index (χ2n) is 11.0. The maximum atomic E-state index is 12.4. The monoisotopic (exact) mass is 559 g/mol. The van der Waals surface area contributed by atoms with Gasteiger partial charge in [0.25, 0.3) is 5.69 Å². The Kier molecular flexibility index (Phi) is 10.1. The molecule has 2 amide bonds. The molecule has 0 aromatic heterocycles. The first-order valence-electron chi connectivity index (χ1n) is 12.2. The van der Waals surface area contributed by atoms with E-state index in [0.717, 1.165) is 12.1 Å². The minimum absolute atomic E-state index is 0.0365. The van der Waals surface area contributed by atoms with E-state index in [1.807, 2.05) is 20.8 Å². The van der Waals surface area contributed by atoms with Crippen LogP contribution in [0.25, 0.3) is 0 Å². The summed E-state index contributed by atoms with van der Waals surface area (Å²) in [4.78, 5) is 36.0. The Morgan fingerprint density at radius 2 is 1.45 bits per heavy atom. The van der Waals surface area contributed by atoms with Gasteiger partial charge in [-0.25, -0.2) is 9.59 Å². The Hall–Kier alpha value is -2.97. The van der Waals surface area contributed by atoms with Crippen LogP contribution in [0.4, 0.5) is 15.3 Å². The van der Waals surface area contributed by atoms with Crippen LogP contribution in [0, 0.1) is 10.1 Å². The van der Waals surface area contributed by atoms with E-state index in [4.69, 9.17) is 13.7 Å². The predicted molar refractivity (Wildman–Crippen MR) is 136 cm³/mol. The molecule has 2 saturated heterocycles. The number of hydrogen-bond donors (Lipinski definition) is 1. The van der Waals surface area contributed by atoms with Gasteiger partial charge in [-0.15, -0.1) is 0 Å². The number of amides is 2. The van der Waals surface area contributed by atoms with E-state index in [1.54, 1.807) is 20.8 Å². The fourth-order valence-corrected chi connectivity index (χ4v) is 4.85. The molecular weight excluding hydrogens is 522 g/mol. The van der Waals surface area contributed by atoms with E-state index in [2.05, 4.69) is 0 Å². The Morgan fingerprint density at radius 3 is 1.92 bits per heavy atom. The Balaban J connectivity index is 0.000000328. The van der Waals surface area contributed by atoms with Crippen molar-refractivity contribution in [2.75, 3.05) is 26.2 Å². The zero-order valence-corrected chi connectivity index (χ0v) is 23.4. The van der Waals surface area contributed by atoms with E-state index >= 15 is 0 Å². The first kappa shape index (κ1) is 31.2. The molecule has 13 nitrogen and oxygen atoms in total. The molecule has 1 N–H and O–H groups in total. The highest BCUT2D eigenvalue weighted by atomic mass is 32.2. The highest BCUT2D eigenvalue weighted by Gasteiger charge is 2.35. The molecule has 0 aliphatic carbocycles. The summed E-state index contributed by atoms with van der Waals surface area (Å²) in [7, 11) is -4.32. The summed E-state index contributed by atoms with van der Waals surface area (Å²) in [6.07, 6.45) is -1.10. The van der Waals surface area contributed by atoms with Crippen LogP contribution in [0.1, 0.15) is 54.4 Å². The first-order valence-corrected chi connectivity index (χ1v) is 13.6. The van der Waals surface area contributed by atoms with Gasteiger partial charge in [-0.2, -0.15) is 8.42 Å². The maximum Gasteiger partial charge on any atom is 0.410 e. The number of benzene rings is 1.